The molecule has 0 fully saturated rings. The predicted molar refractivity (Wildman–Crippen MR) is 116 cm³/mol. The fourth-order valence-corrected chi connectivity index (χ4v) is 3.06. The van der Waals surface area contributed by atoms with Gasteiger partial charge in [0.05, 0.1) is 0 Å². The first-order valence-electron chi connectivity index (χ1n) is 9.47. The van der Waals surface area contributed by atoms with Crippen molar-refractivity contribution in [3.05, 3.63) is 47.5 Å². The van der Waals surface area contributed by atoms with Crippen molar-refractivity contribution in [3.8, 4) is 11.1 Å². The number of hydrogen-bond donors (Lipinski definition) is 4. The summed E-state index contributed by atoms with van der Waals surface area (Å²) in [5.74, 6) is -1.67. The molecule has 0 atom stereocenters. The number of carbonyl (C=O) groups excluding carboxylic acids is 4. The van der Waals surface area contributed by atoms with Crippen molar-refractivity contribution < 1.29 is 19.2 Å². The van der Waals surface area contributed by atoms with E-state index in [-0.39, 0.29) is 24.7 Å². The van der Waals surface area contributed by atoms with E-state index in [9.17, 15) is 19.2 Å². The third-order valence-corrected chi connectivity index (χ3v) is 4.54. The highest BCUT2D eigenvalue weighted by molar-refractivity contribution is 6.08. The predicted octanol–water partition coefficient (Wildman–Crippen LogP) is 2.12. The van der Waals surface area contributed by atoms with Crippen molar-refractivity contribution in [2.45, 2.75) is 26.7 Å². The highest BCUT2D eigenvalue weighted by Crippen LogP contribution is 2.38. The van der Waals surface area contributed by atoms with E-state index < -0.39 is 11.8 Å². The van der Waals surface area contributed by atoms with Gasteiger partial charge >= 0.3 is 0 Å². The average molecular weight is 410 g/mol. The lowest BCUT2D eigenvalue weighted by Gasteiger charge is -2.19. The molecule has 0 radical (unpaired) electrons. The van der Waals surface area contributed by atoms with Gasteiger partial charge in [0, 0.05) is 36.6 Å². The van der Waals surface area contributed by atoms with Crippen LogP contribution in [0.3, 0.4) is 0 Å². The summed E-state index contributed by atoms with van der Waals surface area (Å²) in [6, 6.07) is 10.9. The van der Waals surface area contributed by atoms with E-state index in [4.69, 9.17) is 0 Å². The Hall–Kier alpha value is -3.68. The van der Waals surface area contributed by atoms with Crippen molar-refractivity contribution >= 4 is 35.0 Å². The van der Waals surface area contributed by atoms with Gasteiger partial charge in [0.25, 0.3) is 0 Å². The molecule has 158 valence electrons. The number of aryl methyl sites for hydroxylation is 2. The van der Waals surface area contributed by atoms with Crippen LogP contribution in [0.4, 0.5) is 11.4 Å². The fraction of sp³-hybridized carbons (Fsp3) is 0.273. The maximum absolute atomic E-state index is 12.3. The Kier molecular flexibility index (Phi) is 7.69. The van der Waals surface area contributed by atoms with Crippen LogP contribution in [0.15, 0.2) is 36.4 Å². The summed E-state index contributed by atoms with van der Waals surface area (Å²) in [5, 5.41) is 10.4. The third-order valence-electron chi connectivity index (χ3n) is 4.54. The quantitative estimate of drug-likeness (QED) is 0.523. The highest BCUT2D eigenvalue weighted by Gasteiger charge is 2.19. The number of benzene rings is 2. The lowest BCUT2D eigenvalue weighted by Crippen LogP contribution is -2.25. The summed E-state index contributed by atoms with van der Waals surface area (Å²) >= 11 is 0. The maximum atomic E-state index is 12.3. The van der Waals surface area contributed by atoms with Crippen LogP contribution in [0.25, 0.3) is 11.1 Å². The number of amides is 4. The minimum atomic E-state index is -0.444. The van der Waals surface area contributed by atoms with E-state index in [1.54, 1.807) is 24.3 Å². The Morgan fingerprint density at radius 1 is 0.633 bits per heavy atom. The smallest absolute Gasteiger partial charge is 0.233 e. The molecule has 4 N–H and O–H groups in total. The number of nitrogens with one attached hydrogen (secondary N) is 4. The van der Waals surface area contributed by atoms with Crippen LogP contribution in [0.1, 0.15) is 24.0 Å². The van der Waals surface area contributed by atoms with E-state index >= 15 is 0 Å². The van der Waals surface area contributed by atoms with Crippen molar-refractivity contribution in [1.29, 1.82) is 0 Å². The molecule has 8 heteroatoms. The summed E-state index contributed by atoms with van der Waals surface area (Å²) in [6.07, 6.45) is -0.596. The zero-order chi connectivity index (χ0) is 22.3. The molecule has 0 aliphatic rings. The molecule has 4 amide bonds. The molecule has 0 heterocycles. The van der Waals surface area contributed by atoms with Crippen molar-refractivity contribution in [1.82, 2.24) is 10.6 Å². The van der Waals surface area contributed by atoms with Gasteiger partial charge in [-0.15, -0.1) is 0 Å². The van der Waals surface area contributed by atoms with Crippen LogP contribution in [0.2, 0.25) is 0 Å². The monoisotopic (exact) mass is 410 g/mol. The number of carbonyl (C=O) groups is 4. The lowest BCUT2D eigenvalue weighted by molar-refractivity contribution is -0.128. The van der Waals surface area contributed by atoms with Gasteiger partial charge < -0.3 is 21.3 Å². The molecule has 0 saturated carbocycles. The summed E-state index contributed by atoms with van der Waals surface area (Å²) in [6.45, 7) is 3.79. The first-order valence-corrected chi connectivity index (χ1v) is 9.47. The first-order chi connectivity index (χ1) is 14.3. The highest BCUT2D eigenvalue weighted by atomic mass is 16.2. The normalized spacial score (nSPS) is 10.1. The van der Waals surface area contributed by atoms with Crippen LogP contribution < -0.4 is 21.3 Å². The topological polar surface area (TPSA) is 116 Å². The van der Waals surface area contributed by atoms with E-state index in [0.717, 1.165) is 22.3 Å². The third kappa shape index (κ3) is 5.66. The molecule has 2 rings (SSSR count). The van der Waals surface area contributed by atoms with E-state index in [0.29, 0.717) is 11.4 Å². The summed E-state index contributed by atoms with van der Waals surface area (Å²) in [4.78, 5) is 47.6. The molecule has 0 aliphatic carbocycles. The second-order valence-electron chi connectivity index (χ2n) is 6.79. The minimum Gasteiger partial charge on any atom is -0.359 e. The Morgan fingerprint density at radius 3 is 1.33 bits per heavy atom. The van der Waals surface area contributed by atoms with Gasteiger partial charge in [-0.3, -0.25) is 19.2 Å². The molecular weight excluding hydrogens is 384 g/mol. The van der Waals surface area contributed by atoms with E-state index in [1.165, 1.54) is 14.1 Å². The molecule has 0 aliphatic heterocycles. The van der Waals surface area contributed by atoms with E-state index in [1.807, 2.05) is 26.0 Å². The van der Waals surface area contributed by atoms with Crippen LogP contribution in [-0.4, -0.2) is 37.7 Å². The first kappa shape index (κ1) is 22.6. The Labute approximate surface area is 175 Å². The summed E-state index contributed by atoms with van der Waals surface area (Å²) < 4.78 is 0. The second kappa shape index (κ2) is 10.2. The molecule has 30 heavy (non-hydrogen) atoms. The Balaban J connectivity index is 2.46. The SMILES string of the molecule is CNC(=O)CC(=O)Nc1cccc(C)c1-c1c(C)cccc1NC(=O)CC(=O)NC. The van der Waals surface area contributed by atoms with E-state index in [2.05, 4.69) is 21.3 Å². The van der Waals surface area contributed by atoms with Gasteiger partial charge in [-0.1, -0.05) is 24.3 Å². The largest absolute Gasteiger partial charge is 0.359 e. The van der Waals surface area contributed by atoms with Gasteiger partial charge in [-0.25, -0.2) is 0 Å². The molecular formula is C22H26N4O4. The molecule has 0 saturated heterocycles. The maximum Gasteiger partial charge on any atom is 0.233 e. The lowest BCUT2D eigenvalue weighted by atomic mass is 9.93. The summed E-state index contributed by atoms with van der Waals surface area (Å²) in [7, 11) is 2.93. The standard InChI is InChI=1S/C22H26N4O4/c1-13-7-5-9-15(25-19(29)11-17(27)23-3)21(13)22-14(2)8-6-10-16(22)26-20(30)12-18(28)24-4/h5-10H,11-12H2,1-4H3,(H,23,27)(H,24,28)(H,25,29)(H,26,30). The van der Waals surface area contributed by atoms with Gasteiger partial charge in [0.15, 0.2) is 0 Å². The second-order valence-corrected chi connectivity index (χ2v) is 6.79. The van der Waals surface area contributed by atoms with Crippen LogP contribution in [0, 0.1) is 13.8 Å². The zero-order valence-electron chi connectivity index (χ0n) is 17.5. The molecule has 8 nitrogen and oxygen atoms in total. The average Bonchev–Trinajstić information content (AvgIpc) is 2.69. The Morgan fingerprint density at radius 2 is 1.00 bits per heavy atom. The molecule has 2 aromatic carbocycles. The van der Waals surface area contributed by atoms with Gasteiger partial charge in [-0.05, 0) is 37.1 Å². The molecule has 0 bridgehead atoms. The van der Waals surface area contributed by atoms with Crippen LogP contribution >= 0.6 is 0 Å². The van der Waals surface area contributed by atoms with Gasteiger partial charge in [0.2, 0.25) is 23.6 Å². The van der Waals surface area contributed by atoms with Gasteiger partial charge in [0.1, 0.15) is 12.8 Å². The number of rotatable bonds is 7. The fourth-order valence-electron chi connectivity index (χ4n) is 3.06. The van der Waals surface area contributed by atoms with Crippen molar-refractivity contribution in [3.63, 3.8) is 0 Å². The van der Waals surface area contributed by atoms with Crippen molar-refractivity contribution in [2.75, 3.05) is 24.7 Å². The number of anilines is 2. The minimum absolute atomic E-state index is 0.298. The zero-order valence-corrected chi connectivity index (χ0v) is 17.5. The van der Waals surface area contributed by atoms with Gasteiger partial charge in [-0.2, -0.15) is 0 Å². The molecule has 0 unspecified atom stereocenters. The molecule has 2 aromatic rings. The molecule has 0 spiro atoms. The Bertz CT molecular complexity index is 906. The number of hydrogen-bond acceptors (Lipinski definition) is 4. The van der Waals surface area contributed by atoms with Crippen LogP contribution in [0.5, 0.6) is 0 Å². The summed E-state index contributed by atoms with van der Waals surface area (Å²) in [5.41, 5.74) is 4.28. The van der Waals surface area contributed by atoms with Crippen molar-refractivity contribution in [2.24, 2.45) is 0 Å². The van der Waals surface area contributed by atoms with Crippen LogP contribution in [-0.2, 0) is 19.2 Å². The molecule has 0 aromatic heterocycles.